The minimum Gasteiger partial charge on any atom is -0.457 e. The fraction of sp³-hybridized carbons (Fsp3) is 0.125. The average Bonchev–Trinajstić information content (AvgIpc) is 3.08. The second kappa shape index (κ2) is 5.93. The van der Waals surface area contributed by atoms with E-state index in [0.717, 1.165) is 0 Å². The highest BCUT2D eigenvalue weighted by Crippen LogP contribution is 2.44. The van der Waals surface area contributed by atoms with Crippen molar-refractivity contribution < 1.29 is 18.3 Å². The molecule has 0 saturated carbocycles. The van der Waals surface area contributed by atoms with E-state index in [4.69, 9.17) is 4.74 Å². The Morgan fingerprint density at radius 2 is 1.68 bits per heavy atom. The molecule has 0 spiro atoms. The largest absolute Gasteiger partial charge is 0.457 e. The third kappa shape index (κ3) is 2.69. The lowest BCUT2D eigenvalue weighted by atomic mass is 9.87. The third-order valence-corrected chi connectivity index (χ3v) is 3.78. The summed E-state index contributed by atoms with van der Waals surface area (Å²) < 4.78 is 30.9. The van der Waals surface area contributed by atoms with Crippen molar-refractivity contribution in [2.75, 3.05) is 5.32 Å². The molecular formula is C16H11F2N5O2. The van der Waals surface area contributed by atoms with E-state index in [1.54, 1.807) is 48.5 Å². The second-order valence-electron chi connectivity index (χ2n) is 5.31. The monoisotopic (exact) mass is 343 g/mol. The topological polar surface area (TPSA) is 81.9 Å². The van der Waals surface area contributed by atoms with Gasteiger partial charge < -0.3 is 4.74 Å². The number of ether oxygens (including phenoxy) is 1. The number of benzene rings is 2. The maximum atomic E-state index is 12.8. The van der Waals surface area contributed by atoms with Crippen molar-refractivity contribution in [2.24, 2.45) is 0 Å². The number of aromatic nitrogens is 4. The maximum Gasteiger partial charge on any atom is 0.350 e. The van der Waals surface area contributed by atoms with Gasteiger partial charge in [-0.1, -0.05) is 46.3 Å². The average molecular weight is 343 g/mol. The number of nitrogens with zero attached hydrogens (tertiary/aromatic N) is 4. The number of rotatable bonds is 3. The molecule has 0 radical (unpaired) electrons. The molecule has 2 aromatic carbocycles. The van der Waals surface area contributed by atoms with Crippen LogP contribution in [0.2, 0.25) is 0 Å². The van der Waals surface area contributed by atoms with Gasteiger partial charge in [-0.15, -0.1) is 5.10 Å². The normalized spacial score (nSPS) is 13.1. The zero-order chi connectivity index (χ0) is 17.4. The highest BCUT2D eigenvalue weighted by molar-refractivity contribution is 5.98. The number of hydrogen-bond donors (Lipinski definition) is 1. The third-order valence-electron chi connectivity index (χ3n) is 3.78. The number of fused-ring (bicyclic) bond motifs is 2. The number of hydrogen-bond acceptors (Lipinski definition) is 5. The van der Waals surface area contributed by atoms with Crippen LogP contribution in [0.1, 0.15) is 23.6 Å². The minimum atomic E-state index is -2.93. The van der Waals surface area contributed by atoms with E-state index < -0.39 is 18.4 Å². The first kappa shape index (κ1) is 15.2. The van der Waals surface area contributed by atoms with Crippen molar-refractivity contribution in [1.82, 2.24) is 20.2 Å². The van der Waals surface area contributed by atoms with E-state index >= 15 is 0 Å². The van der Waals surface area contributed by atoms with E-state index in [9.17, 15) is 13.6 Å². The molecule has 0 fully saturated rings. The molecule has 0 atom stereocenters. The van der Waals surface area contributed by atoms with Gasteiger partial charge in [0, 0.05) is 11.1 Å². The van der Waals surface area contributed by atoms with Crippen molar-refractivity contribution in [3.8, 4) is 11.5 Å². The molecule has 0 saturated heterocycles. The summed E-state index contributed by atoms with van der Waals surface area (Å²) in [5.41, 5.74) is 1.33. The Morgan fingerprint density at radius 3 is 2.24 bits per heavy atom. The van der Waals surface area contributed by atoms with E-state index in [1.165, 1.54) is 0 Å². The van der Waals surface area contributed by atoms with Crippen LogP contribution in [0.3, 0.4) is 0 Å². The molecule has 1 aromatic heterocycles. The molecule has 126 valence electrons. The number of nitrogens with one attached hydrogen (secondary N) is 1. The molecule has 25 heavy (non-hydrogen) atoms. The van der Waals surface area contributed by atoms with Crippen LogP contribution in [0.5, 0.6) is 11.5 Å². The van der Waals surface area contributed by atoms with Gasteiger partial charge in [-0.05, 0) is 17.3 Å². The van der Waals surface area contributed by atoms with Gasteiger partial charge in [0.1, 0.15) is 11.5 Å². The van der Waals surface area contributed by atoms with Gasteiger partial charge in [0.25, 0.3) is 5.95 Å². The second-order valence-corrected chi connectivity index (χ2v) is 5.31. The van der Waals surface area contributed by atoms with Gasteiger partial charge >= 0.3 is 6.55 Å². The minimum absolute atomic E-state index is 0.126. The molecule has 3 aromatic rings. The first-order valence-corrected chi connectivity index (χ1v) is 7.37. The van der Waals surface area contributed by atoms with Crippen LogP contribution < -0.4 is 10.1 Å². The number of alkyl halides is 2. The molecule has 0 aliphatic carbocycles. The number of halogens is 2. The molecule has 9 heteroatoms. The molecular weight excluding hydrogens is 332 g/mol. The summed E-state index contributed by atoms with van der Waals surface area (Å²) >= 11 is 0. The Kier molecular flexibility index (Phi) is 3.60. The summed E-state index contributed by atoms with van der Waals surface area (Å²) in [6, 6.07) is 14.3. The summed E-state index contributed by atoms with van der Waals surface area (Å²) in [4.78, 5) is 12.9. The molecule has 4 rings (SSSR count). The quantitative estimate of drug-likeness (QED) is 0.791. The lowest BCUT2D eigenvalue weighted by Crippen LogP contribution is -2.25. The van der Waals surface area contributed by atoms with Crippen LogP contribution in [-0.2, 0) is 4.79 Å². The highest BCUT2D eigenvalue weighted by Gasteiger charge is 2.33. The first-order chi connectivity index (χ1) is 12.1. The van der Waals surface area contributed by atoms with Crippen LogP contribution in [0, 0.1) is 0 Å². The zero-order valence-electron chi connectivity index (χ0n) is 12.6. The number of carbonyl (C=O) groups is 1. The number of para-hydroxylation sites is 2. The van der Waals surface area contributed by atoms with Crippen LogP contribution in [-0.4, -0.2) is 26.1 Å². The molecule has 7 nitrogen and oxygen atoms in total. The summed E-state index contributed by atoms with van der Waals surface area (Å²) in [5.74, 6) is -0.306. The van der Waals surface area contributed by atoms with Crippen molar-refractivity contribution in [1.29, 1.82) is 0 Å². The van der Waals surface area contributed by atoms with Crippen LogP contribution in [0.15, 0.2) is 48.5 Å². The van der Waals surface area contributed by atoms with Gasteiger partial charge in [0.05, 0.1) is 5.92 Å². The van der Waals surface area contributed by atoms with Crippen LogP contribution >= 0.6 is 0 Å². The highest BCUT2D eigenvalue weighted by atomic mass is 19.3. The number of anilines is 1. The summed E-state index contributed by atoms with van der Waals surface area (Å²) in [6.07, 6.45) is 0. The number of amides is 1. The van der Waals surface area contributed by atoms with Gasteiger partial charge in [-0.25, -0.2) is 0 Å². The summed E-state index contributed by atoms with van der Waals surface area (Å²) in [7, 11) is 0. The summed E-state index contributed by atoms with van der Waals surface area (Å²) in [5, 5.41) is 12.5. The van der Waals surface area contributed by atoms with Crippen molar-refractivity contribution >= 4 is 11.9 Å². The Labute approximate surface area is 140 Å². The van der Waals surface area contributed by atoms with Crippen molar-refractivity contribution in [3.05, 3.63) is 59.7 Å². The van der Waals surface area contributed by atoms with Gasteiger partial charge in [0.2, 0.25) is 5.91 Å². The smallest absolute Gasteiger partial charge is 0.350 e. The number of carbonyl (C=O) groups excluding carboxylic acids is 1. The van der Waals surface area contributed by atoms with Gasteiger partial charge in [-0.3, -0.25) is 10.1 Å². The van der Waals surface area contributed by atoms with Crippen LogP contribution in [0.25, 0.3) is 0 Å². The number of tetrazole rings is 1. The summed E-state index contributed by atoms with van der Waals surface area (Å²) in [6.45, 7) is -2.93. The Hall–Kier alpha value is -3.36. The van der Waals surface area contributed by atoms with Gasteiger partial charge in [-0.2, -0.15) is 8.78 Å². The molecule has 1 amide bonds. The SMILES string of the molecule is O=C(Nc1nnn(C(F)F)n1)C1c2ccccc2Oc2ccccc21. The molecule has 2 heterocycles. The lowest BCUT2D eigenvalue weighted by Gasteiger charge is -2.26. The molecule has 0 bridgehead atoms. The zero-order valence-corrected chi connectivity index (χ0v) is 12.6. The van der Waals surface area contributed by atoms with E-state index in [2.05, 4.69) is 20.7 Å². The molecule has 1 aliphatic heterocycles. The molecule has 1 aliphatic rings. The van der Waals surface area contributed by atoms with Crippen LogP contribution in [0.4, 0.5) is 14.7 Å². The van der Waals surface area contributed by atoms with Crippen molar-refractivity contribution in [2.45, 2.75) is 12.5 Å². The Morgan fingerprint density at radius 1 is 1.08 bits per heavy atom. The molecule has 1 N–H and O–H groups in total. The predicted octanol–water partition coefficient (Wildman–Crippen LogP) is 2.94. The maximum absolute atomic E-state index is 12.8. The van der Waals surface area contributed by atoms with E-state index in [1.807, 2.05) is 0 Å². The Balaban J connectivity index is 1.70. The first-order valence-electron chi connectivity index (χ1n) is 7.37. The Bertz CT molecular complexity index is 898. The lowest BCUT2D eigenvalue weighted by molar-refractivity contribution is -0.117. The fourth-order valence-corrected chi connectivity index (χ4v) is 2.73. The molecule has 0 unspecified atom stereocenters. The predicted molar refractivity (Wildman–Crippen MR) is 82.5 cm³/mol. The van der Waals surface area contributed by atoms with E-state index in [0.29, 0.717) is 22.6 Å². The standard InChI is InChI=1S/C16H11F2N5O2/c17-15(18)23-21-16(20-22-23)19-14(24)13-9-5-1-3-7-11(9)25-12-8-4-2-6-10(12)13/h1-8,13,15H,(H,19,21,24). The fourth-order valence-electron chi connectivity index (χ4n) is 2.73. The van der Waals surface area contributed by atoms with Crippen molar-refractivity contribution in [3.63, 3.8) is 0 Å². The van der Waals surface area contributed by atoms with E-state index in [-0.39, 0.29) is 10.7 Å². The van der Waals surface area contributed by atoms with Gasteiger partial charge in [0.15, 0.2) is 0 Å².